The van der Waals surface area contributed by atoms with E-state index < -0.39 is 6.17 Å². The minimum atomic E-state index is -0.398. The predicted molar refractivity (Wildman–Crippen MR) is 105 cm³/mol. The zero-order valence-corrected chi connectivity index (χ0v) is 16.4. The molecule has 0 saturated carbocycles. The fourth-order valence-corrected chi connectivity index (χ4v) is 3.94. The van der Waals surface area contributed by atoms with Crippen molar-refractivity contribution in [2.75, 3.05) is 5.75 Å². The Bertz CT molecular complexity index is 1010. The first-order valence-electron chi connectivity index (χ1n) is 8.27. The molecule has 1 aromatic heterocycles. The number of pyridine rings is 1. The number of nitrogens with one attached hydrogen (secondary N) is 1. The molecule has 132 valence electrons. The summed E-state index contributed by atoms with van der Waals surface area (Å²) in [6, 6.07) is 9.54. The van der Waals surface area contributed by atoms with E-state index in [0.29, 0.717) is 10.9 Å². The summed E-state index contributed by atoms with van der Waals surface area (Å²) < 4.78 is 0.893. The van der Waals surface area contributed by atoms with Crippen molar-refractivity contribution in [2.45, 2.75) is 19.5 Å². The number of amides is 1. The number of nitrogens with zero attached hydrogens (tertiary/aromatic N) is 4. The third-order valence-corrected chi connectivity index (χ3v) is 5.58. The van der Waals surface area contributed by atoms with Gasteiger partial charge >= 0.3 is 0 Å². The first kappa shape index (κ1) is 17.2. The topological polar surface area (TPSA) is 70.0 Å². The lowest BCUT2D eigenvalue weighted by molar-refractivity contribution is -0.116. The molecule has 2 aromatic rings. The highest BCUT2D eigenvalue weighted by molar-refractivity contribution is 9.10. The lowest BCUT2D eigenvalue weighted by atomic mass is 10.1. The number of benzene rings is 1. The molecule has 0 bridgehead atoms. The lowest BCUT2D eigenvalue weighted by Crippen LogP contribution is -2.50. The number of rotatable bonds is 3. The van der Waals surface area contributed by atoms with Crippen LogP contribution in [0.15, 0.2) is 57.3 Å². The Balaban J connectivity index is 1.92. The van der Waals surface area contributed by atoms with E-state index in [9.17, 15) is 4.79 Å². The number of carbonyl (C=O) groups is 1. The van der Waals surface area contributed by atoms with E-state index in [4.69, 9.17) is 10.1 Å². The largest absolute Gasteiger partial charge is 0.298 e. The number of hydrogen-bond acceptors (Lipinski definition) is 6. The fraction of sp³-hybridized carbons (Fsp3) is 0.222. The van der Waals surface area contributed by atoms with Crippen LogP contribution >= 0.6 is 27.7 Å². The van der Waals surface area contributed by atoms with E-state index in [1.165, 1.54) is 11.8 Å². The number of fused-ring (bicyclic) bond motifs is 2. The normalized spacial score (nSPS) is 18.5. The van der Waals surface area contributed by atoms with E-state index in [-0.39, 0.29) is 5.91 Å². The molecule has 4 rings (SSSR count). The molecule has 26 heavy (non-hydrogen) atoms. The summed E-state index contributed by atoms with van der Waals surface area (Å²) in [5, 5.41) is 11.5. The van der Waals surface area contributed by atoms with Crippen molar-refractivity contribution in [1.29, 1.82) is 0 Å². The van der Waals surface area contributed by atoms with Gasteiger partial charge in [0.1, 0.15) is 5.70 Å². The highest BCUT2D eigenvalue weighted by atomic mass is 79.9. The monoisotopic (exact) mass is 429 g/mol. The first-order chi connectivity index (χ1) is 12.7. The van der Waals surface area contributed by atoms with Gasteiger partial charge in [0, 0.05) is 33.4 Å². The van der Waals surface area contributed by atoms with Gasteiger partial charge < -0.3 is 0 Å². The van der Waals surface area contributed by atoms with E-state index >= 15 is 0 Å². The molecule has 0 fully saturated rings. The molecule has 1 atom stereocenters. The van der Waals surface area contributed by atoms with Crippen molar-refractivity contribution in [2.24, 2.45) is 10.1 Å². The van der Waals surface area contributed by atoms with Gasteiger partial charge in [-0.25, -0.2) is 5.01 Å². The molecule has 0 aliphatic carbocycles. The molecule has 6 nitrogen and oxygen atoms in total. The van der Waals surface area contributed by atoms with Gasteiger partial charge in [-0.2, -0.15) is 0 Å². The number of aromatic nitrogens is 1. The summed E-state index contributed by atoms with van der Waals surface area (Å²) in [5.41, 5.74) is 1.45. The summed E-state index contributed by atoms with van der Waals surface area (Å²) in [6.07, 6.45) is 4.05. The molecular formula is C18H16BrN5OS. The molecule has 1 N–H and O–H groups in total. The Kier molecular flexibility index (Phi) is 4.78. The van der Waals surface area contributed by atoms with Crippen LogP contribution in [0.2, 0.25) is 0 Å². The van der Waals surface area contributed by atoms with Crippen LogP contribution in [0.25, 0.3) is 5.70 Å². The standard InChI is InChI=1S/C18H16BrN5OS/c1-2-9-26-18-22-17(25)15-13-10-12(19)3-4-14(13)21-16(24(15)23-18)11-5-7-20-8-6-11/h3-8,10,16H,2,9H2,1H3,(H,22,23,25). The van der Waals surface area contributed by atoms with Crippen molar-refractivity contribution < 1.29 is 4.79 Å². The molecular weight excluding hydrogens is 414 g/mol. The van der Waals surface area contributed by atoms with Gasteiger partial charge in [-0.15, -0.1) is 5.10 Å². The van der Waals surface area contributed by atoms with Crippen molar-refractivity contribution in [3.8, 4) is 0 Å². The van der Waals surface area contributed by atoms with Crippen LogP contribution in [0, 0.1) is 0 Å². The Morgan fingerprint density at radius 3 is 2.85 bits per heavy atom. The molecule has 1 aromatic carbocycles. The maximum absolute atomic E-state index is 12.9. The molecule has 2 aliphatic heterocycles. The second kappa shape index (κ2) is 7.20. The van der Waals surface area contributed by atoms with Crippen LogP contribution < -0.4 is 15.9 Å². The maximum atomic E-state index is 12.9. The molecule has 8 heteroatoms. The zero-order chi connectivity index (χ0) is 18.1. The summed E-state index contributed by atoms with van der Waals surface area (Å²) in [6.45, 7) is 2.10. The SMILES string of the molecule is CCCSC1=NN2C(=c3cc(Br)ccc3=NC2c2ccncc2)C(=O)N1. The van der Waals surface area contributed by atoms with Crippen LogP contribution in [-0.2, 0) is 4.79 Å². The number of amidine groups is 1. The van der Waals surface area contributed by atoms with Gasteiger partial charge in [0.05, 0.1) is 5.36 Å². The van der Waals surface area contributed by atoms with Crippen molar-refractivity contribution in [3.05, 3.63) is 63.3 Å². The molecule has 0 saturated heterocycles. The molecule has 2 aliphatic rings. The van der Waals surface area contributed by atoms with E-state index in [1.54, 1.807) is 17.4 Å². The van der Waals surface area contributed by atoms with Gasteiger partial charge in [-0.05, 0) is 36.8 Å². The van der Waals surface area contributed by atoms with Crippen LogP contribution in [-0.4, -0.2) is 26.8 Å². The molecule has 0 radical (unpaired) electrons. The second-order valence-corrected chi connectivity index (χ2v) is 7.84. The smallest absolute Gasteiger partial charge is 0.276 e. The second-order valence-electron chi connectivity index (χ2n) is 5.85. The van der Waals surface area contributed by atoms with E-state index in [0.717, 1.165) is 32.8 Å². The van der Waals surface area contributed by atoms with Crippen LogP contribution in [0.1, 0.15) is 25.1 Å². The fourth-order valence-electron chi connectivity index (χ4n) is 2.87. The van der Waals surface area contributed by atoms with E-state index in [1.807, 2.05) is 30.3 Å². The lowest BCUT2D eigenvalue weighted by Gasteiger charge is -2.34. The quantitative estimate of drug-likeness (QED) is 0.810. The molecule has 1 unspecified atom stereocenters. The van der Waals surface area contributed by atoms with Crippen molar-refractivity contribution in [3.63, 3.8) is 0 Å². The number of carbonyl (C=O) groups excluding carboxylic acids is 1. The van der Waals surface area contributed by atoms with E-state index in [2.05, 4.69) is 33.2 Å². The third kappa shape index (κ3) is 3.14. The van der Waals surface area contributed by atoms with Gasteiger partial charge in [0.15, 0.2) is 11.3 Å². The van der Waals surface area contributed by atoms with Gasteiger partial charge in [0.25, 0.3) is 5.91 Å². The summed E-state index contributed by atoms with van der Waals surface area (Å²) >= 11 is 5.02. The van der Waals surface area contributed by atoms with Crippen molar-refractivity contribution >= 4 is 44.5 Å². The minimum Gasteiger partial charge on any atom is -0.298 e. The van der Waals surface area contributed by atoms with Crippen molar-refractivity contribution in [1.82, 2.24) is 15.3 Å². The predicted octanol–water partition coefficient (Wildman–Crippen LogP) is 2.13. The Hall–Kier alpha value is -2.19. The summed E-state index contributed by atoms with van der Waals surface area (Å²) in [4.78, 5) is 21.8. The van der Waals surface area contributed by atoms with Gasteiger partial charge in [-0.3, -0.25) is 20.1 Å². The highest BCUT2D eigenvalue weighted by Gasteiger charge is 2.34. The van der Waals surface area contributed by atoms with Gasteiger partial charge in [-0.1, -0.05) is 34.6 Å². The summed E-state index contributed by atoms with van der Waals surface area (Å²) in [5.74, 6) is 0.730. The Morgan fingerprint density at radius 2 is 2.08 bits per heavy atom. The van der Waals surface area contributed by atoms with Crippen LogP contribution in [0.4, 0.5) is 0 Å². The first-order valence-corrected chi connectivity index (χ1v) is 10.0. The highest BCUT2D eigenvalue weighted by Crippen LogP contribution is 2.30. The summed E-state index contributed by atoms with van der Waals surface area (Å²) in [7, 11) is 0. The van der Waals surface area contributed by atoms with Crippen LogP contribution in [0.5, 0.6) is 0 Å². The number of halogens is 1. The Morgan fingerprint density at radius 1 is 1.27 bits per heavy atom. The third-order valence-electron chi connectivity index (χ3n) is 4.02. The maximum Gasteiger partial charge on any atom is 0.276 e. The average Bonchev–Trinajstić information content (AvgIpc) is 2.66. The van der Waals surface area contributed by atoms with Gasteiger partial charge in [0.2, 0.25) is 0 Å². The number of hydrazone groups is 1. The van der Waals surface area contributed by atoms with Crippen LogP contribution in [0.3, 0.4) is 0 Å². The average molecular weight is 430 g/mol. The molecule has 1 amide bonds. The zero-order valence-electron chi connectivity index (χ0n) is 14.0. The number of hydrogen-bond donors (Lipinski definition) is 1. The Labute approximate surface area is 163 Å². The molecule has 0 spiro atoms. The minimum absolute atomic E-state index is 0.160. The number of thioether (sulfide) groups is 1. The molecule has 3 heterocycles.